The van der Waals surface area contributed by atoms with Gasteiger partial charge >= 0.3 is 0 Å². The Balaban J connectivity index is 2.03. The standard InChI is InChI=1S/C17H19ClN2O2S/c1-11-5-7-14(8-6-11)23(21,22)16-15(17(16,20)10-19)12-3-2-4-13(18)9-12/h2-9,15-16H,10,19-20H2,1H3/t15-,16+,17+/m0/s1. The van der Waals surface area contributed by atoms with Crippen molar-refractivity contribution in [2.45, 2.75) is 28.5 Å². The van der Waals surface area contributed by atoms with Crippen molar-refractivity contribution in [3.8, 4) is 0 Å². The van der Waals surface area contributed by atoms with Gasteiger partial charge in [-0.25, -0.2) is 8.42 Å². The first-order valence-corrected chi connectivity index (χ1v) is 9.28. The van der Waals surface area contributed by atoms with E-state index in [4.69, 9.17) is 23.1 Å². The summed E-state index contributed by atoms with van der Waals surface area (Å²) < 4.78 is 26.0. The maximum Gasteiger partial charge on any atom is 0.183 e. The van der Waals surface area contributed by atoms with Crippen molar-refractivity contribution in [3.05, 3.63) is 64.7 Å². The van der Waals surface area contributed by atoms with Crippen molar-refractivity contribution < 1.29 is 8.42 Å². The topological polar surface area (TPSA) is 86.2 Å². The third-order valence-corrected chi connectivity index (χ3v) is 7.09. The lowest BCUT2D eigenvalue weighted by Gasteiger charge is -2.09. The van der Waals surface area contributed by atoms with Crippen molar-refractivity contribution in [2.75, 3.05) is 6.54 Å². The fourth-order valence-electron chi connectivity index (χ4n) is 3.19. The van der Waals surface area contributed by atoms with Gasteiger partial charge < -0.3 is 11.5 Å². The molecule has 23 heavy (non-hydrogen) atoms. The summed E-state index contributed by atoms with van der Waals surface area (Å²) in [5.41, 5.74) is 13.0. The first-order valence-electron chi connectivity index (χ1n) is 7.35. The Morgan fingerprint density at radius 3 is 2.39 bits per heavy atom. The van der Waals surface area contributed by atoms with Gasteiger partial charge in [-0.3, -0.25) is 0 Å². The Labute approximate surface area is 141 Å². The summed E-state index contributed by atoms with van der Waals surface area (Å²) >= 11 is 6.03. The molecule has 0 aliphatic heterocycles. The van der Waals surface area contributed by atoms with Gasteiger partial charge in [0.25, 0.3) is 0 Å². The predicted molar refractivity (Wildman–Crippen MR) is 92.3 cm³/mol. The first-order chi connectivity index (χ1) is 10.8. The van der Waals surface area contributed by atoms with Crippen LogP contribution in [0.2, 0.25) is 5.02 Å². The van der Waals surface area contributed by atoms with Crippen LogP contribution in [0.3, 0.4) is 0 Å². The smallest absolute Gasteiger partial charge is 0.183 e. The van der Waals surface area contributed by atoms with E-state index in [0.717, 1.165) is 11.1 Å². The number of aryl methyl sites for hydroxylation is 1. The highest BCUT2D eigenvalue weighted by atomic mass is 35.5. The molecule has 1 fully saturated rings. The number of sulfone groups is 1. The maximum atomic E-state index is 13.0. The fourth-order valence-corrected chi connectivity index (χ4v) is 5.71. The molecule has 1 aliphatic carbocycles. The molecule has 6 heteroatoms. The van der Waals surface area contributed by atoms with Crippen molar-refractivity contribution >= 4 is 21.4 Å². The van der Waals surface area contributed by atoms with Gasteiger partial charge in [0.15, 0.2) is 9.84 Å². The third-order valence-electron chi connectivity index (χ3n) is 4.55. The molecule has 4 N–H and O–H groups in total. The van der Waals surface area contributed by atoms with Crippen LogP contribution in [0.4, 0.5) is 0 Å². The lowest BCUT2D eigenvalue weighted by Crippen LogP contribution is -2.39. The SMILES string of the molecule is Cc1ccc(S(=O)(=O)[C@@H]2[C@H](c3cccc(Cl)c3)[C@]2(N)CN)cc1. The van der Waals surface area contributed by atoms with Crippen LogP contribution in [0.25, 0.3) is 0 Å². The molecule has 2 aromatic rings. The molecule has 0 bridgehead atoms. The normalized spacial score (nSPS) is 27.0. The van der Waals surface area contributed by atoms with Crippen LogP contribution >= 0.6 is 11.6 Å². The summed E-state index contributed by atoms with van der Waals surface area (Å²) in [5, 5.41) is -0.179. The van der Waals surface area contributed by atoms with E-state index >= 15 is 0 Å². The van der Waals surface area contributed by atoms with Gasteiger partial charge in [-0.15, -0.1) is 0 Å². The molecule has 122 valence electrons. The largest absolute Gasteiger partial charge is 0.329 e. The molecule has 2 aromatic carbocycles. The summed E-state index contributed by atoms with van der Waals surface area (Å²) in [7, 11) is -3.56. The summed E-state index contributed by atoms with van der Waals surface area (Å²) in [6.07, 6.45) is 0. The second-order valence-corrected chi connectivity index (χ2v) is 8.63. The van der Waals surface area contributed by atoms with Crippen LogP contribution in [0.5, 0.6) is 0 Å². The zero-order valence-corrected chi connectivity index (χ0v) is 14.3. The molecule has 1 aliphatic rings. The Bertz CT molecular complexity index is 836. The van der Waals surface area contributed by atoms with Crippen LogP contribution < -0.4 is 11.5 Å². The zero-order valence-electron chi connectivity index (χ0n) is 12.7. The average molecular weight is 351 g/mol. The number of hydrogen-bond acceptors (Lipinski definition) is 4. The van der Waals surface area contributed by atoms with Gasteiger partial charge in [0.1, 0.15) is 0 Å². The number of benzene rings is 2. The second-order valence-electron chi connectivity index (χ2n) is 6.13. The van der Waals surface area contributed by atoms with Gasteiger partial charge in [-0.1, -0.05) is 41.4 Å². The van der Waals surface area contributed by atoms with Gasteiger partial charge in [-0.05, 0) is 36.8 Å². The number of halogens is 1. The lowest BCUT2D eigenvalue weighted by molar-refractivity contribution is 0.586. The van der Waals surface area contributed by atoms with Gasteiger partial charge in [0.2, 0.25) is 0 Å². The predicted octanol–water partition coefficient (Wildman–Crippen LogP) is 2.24. The van der Waals surface area contributed by atoms with Crippen LogP contribution in [0, 0.1) is 6.92 Å². The molecule has 0 unspecified atom stereocenters. The minimum absolute atomic E-state index is 0.0972. The van der Waals surface area contributed by atoms with E-state index < -0.39 is 20.6 Å². The Kier molecular flexibility index (Phi) is 4.01. The van der Waals surface area contributed by atoms with E-state index in [9.17, 15) is 8.42 Å². The van der Waals surface area contributed by atoms with E-state index in [2.05, 4.69) is 0 Å². The Morgan fingerprint density at radius 2 is 1.83 bits per heavy atom. The molecule has 3 rings (SSSR count). The lowest BCUT2D eigenvalue weighted by atomic mass is 10.1. The van der Waals surface area contributed by atoms with E-state index in [0.29, 0.717) is 5.02 Å². The highest BCUT2D eigenvalue weighted by Crippen LogP contribution is 2.55. The van der Waals surface area contributed by atoms with Crippen LogP contribution in [0.1, 0.15) is 17.0 Å². The summed E-state index contributed by atoms with van der Waals surface area (Å²) in [4.78, 5) is 0.279. The highest BCUT2D eigenvalue weighted by Gasteiger charge is 2.68. The summed E-state index contributed by atoms with van der Waals surface area (Å²) in [5.74, 6) is -0.350. The minimum Gasteiger partial charge on any atom is -0.329 e. The Morgan fingerprint density at radius 1 is 1.17 bits per heavy atom. The number of hydrogen-bond donors (Lipinski definition) is 2. The van der Waals surface area contributed by atoms with Gasteiger partial charge in [-0.2, -0.15) is 0 Å². The van der Waals surface area contributed by atoms with Gasteiger partial charge in [0, 0.05) is 17.5 Å². The molecule has 0 aromatic heterocycles. The van der Waals surface area contributed by atoms with E-state index in [1.807, 2.05) is 13.0 Å². The van der Waals surface area contributed by atoms with E-state index in [1.165, 1.54) is 0 Å². The third kappa shape index (κ3) is 2.68. The fraction of sp³-hybridized carbons (Fsp3) is 0.294. The van der Waals surface area contributed by atoms with Crippen LogP contribution in [-0.2, 0) is 9.84 Å². The van der Waals surface area contributed by atoms with Crippen LogP contribution in [0.15, 0.2) is 53.4 Å². The number of rotatable bonds is 4. The second kappa shape index (κ2) is 5.60. The molecule has 3 atom stereocenters. The molecule has 0 amide bonds. The molecule has 0 spiro atoms. The molecule has 0 saturated heterocycles. The number of nitrogens with two attached hydrogens (primary N) is 2. The molecular formula is C17H19ClN2O2S. The van der Waals surface area contributed by atoms with E-state index in [-0.39, 0.29) is 17.4 Å². The van der Waals surface area contributed by atoms with Gasteiger partial charge in [0.05, 0.1) is 15.7 Å². The monoisotopic (exact) mass is 350 g/mol. The molecule has 4 nitrogen and oxygen atoms in total. The summed E-state index contributed by atoms with van der Waals surface area (Å²) in [6.45, 7) is 2.01. The molecule has 0 radical (unpaired) electrons. The Hall–Kier alpha value is -1.40. The molecular weight excluding hydrogens is 332 g/mol. The highest BCUT2D eigenvalue weighted by molar-refractivity contribution is 7.92. The first kappa shape index (κ1) is 16.5. The van der Waals surface area contributed by atoms with Crippen molar-refractivity contribution in [2.24, 2.45) is 11.5 Å². The molecule has 1 saturated carbocycles. The zero-order chi connectivity index (χ0) is 16.8. The van der Waals surface area contributed by atoms with Crippen molar-refractivity contribution in [1.29, 1.82) is 0 Å². The van der Waals surface area contributed by atoms with Crippen molar-refractivity contribution in [3.63, 3.8) is 0 Å². The molecule has 0 heterocycles. The quantitative estimate of drug-likeness (QED) is 0.885. The minimum atomic E-state index is -3.56. The van der Waals surface area contributed by atoms with Crippen molar-refractivity contribution in [1.82, 2.24) is 0 Å². The van der Waals surface area contributed by atoms with Crippen LogP contribution in [-0.4, -0.2) is 25.8 Å². The maximum absolute atomic E-state index is 13.0. The average Bonchev–Trinajstić information content (AvgIpc) is 3.15. The van der Waals surface area contributed by atoms with E-state index in [1.54, 1.807) is 42.5 Å². The summed E-state index contributed by atoms with van der Waals surface area (Å²) in [6, 6.07) is 13.9.